The first-order valence-corrected chi connectivity index (χ1v) is 5.55. The summed E-state index contributed by atoms with van der Waals surface area (Å²) in [6, 6.07) is 7.51. The van der Waals surface area contributed by atoms with Crippen LogP contribution in [-0.4, -0.2) is 26.9 Å². The Hall–Kier alpha value is -2.50. The van der Waals surface area contributed by atoms with Crippen LogP contribution in [0.25, 0.3) is 21.9 Å². The van der Waals surface area contributed by atoms with E-state index < -0.39 is 0 Å². The summed E-state index contributed by atoms with van der Waals surface area (Å²) in [7, 11) is 1.66. The summed E-state index contributed by atoms with van der Waals surface area (Å²) < 4.78 is 1.35. The molecule has 2 heterocycles. The fraction of sp³-hybridized carbons (Fsp3) is 0.167. The van der Waals surface area contributed by atoms with Gasteiger partial charge in [0.15, 0.2) is 5.52 Å². The molecule has 0 bridgehead atoms. The molecular weight excluding hydrogens is 230 g/mol. The van der Waals surface area contributed by atoms with E-state index in [9.17, 15) is 4.79 Å². The zero-order chi connectivity index (χ0) is 12.7. The molecule has 1 aromatic carbocycles. The van der Waals surface area contributed by atoms with Gasteiger partial charge < -0.3 is 5.43 Å². The minimum absolute atomic E-state index is 0.238. The SMILES string of the molecule is CNn1c(C)nc2c(nnc3ccccc32)c1=O. The van der Waals surface area contributed by atoms with Gasteiger partial charge in [0, 0.05) is 12.4 Å². The molecule has 0 atom stereocenters. The van der Waals surface area contributed by atoms with E-state index in [1.807, 2.05) is 24.3 Å². The maximum Gasteiger partial charge on any atom is 0.300 e. The van der Waals surface area contributed by atoms with Gasteiger partial charge in [0.05, 0.1) is 5.52 Å². The van der Waals surface area contributed by atoms with Crippen LogP contribution in [0.2, 0.25) is 0 Å². The highest BCUT2D eigenvalue weighted by atomic mass is 16.1. The normalized spacial score (nSPS) is 11.0. The molecule has 0 radical (unpaired) electrons. The fourth-order valence-electron chi connectivity index (χ4n) is 2.03. The van der Waals surface area contributed by atoms with Crippen LogP contribution in [0.4, 0.5) is 0 Å². The highest BCUT2D eigenvalue weighted by Crippen LogP contribution is 2.17. The second-order valence-corrected chi connectivity index (χ2v) is 3.94. The first kappa shape index (κ1) is 10.6. The van der Waals surface area contributed by atoms with E-state index in [0.717, 1.165) is 10.9 Å². The molecule has 0 aliphatic rings. The molecule has 0 saturated carbocycles. The Morgan fingerprint density at radius 1 is 1.17 bits per heavy atom. The summed E-state index contributed by atoms with van der Waals surface area (Å²) >= 11 is 0. The number of hydrogen-bond acceptors (Lipinski definition) is 5. The number of benzene rings is 1. The van der Waals surface area contributed by atoms with Gasteiger partial charge in [-0.3, -0.25) is 4.79 Å². The third kappa shape index (κ3) is 1.35. The molecule has 3 rings (SSSR count). The fourth-order valence-corrected chi connectivity index (χ4v) is 2.03. The molecule has 18 heavy (non-hydrogen) atoms. The van der Waals surface area contributed by atoms with Crippen LogP contribution in [0.1, 0.15) is 5.82 Å². The van der Waals surface area contributed by atoms with E-state index in [0.29, 0.717) is 11.3 Å². The standard InChI is InChI=1S/C12H11N5O/c1-7-14-10-8-5-3-4-6-9(8)15-16-11(10)12(18)17(7)13-2/h3-6,13H,1-2H3. The van der Waals surface area contributed by atoms with Crippen molar-refractivity contribution >= 4 is 21.9 Å². The third-order valence-corrected chi connectivity index (χ3v) is 2.87. The number of nitrogens with one attached hydrogen (secondary N) is 1. The summed E-state index contributed by atoms with van der Waals surface area (Å²) in [6.07, 6.45) is 0. The zero-order valence-electron chi connectivity index (χ0n) is 10.0. The lowest BCUT2D eigenvalue weighted by Gasteiger charge is -2.09. The number of fused-ring (bicyclic) bond motifs is 3. The maximum atomic E-state index is 12.2. The number of hydrogen-bond donors (Lipinski definition) is 1. The molecule has 3 aromatic rings. The average Bonchev–Trinajstić information content (AvgIpc) is 2.39. The topological polar surface area (TPSA) is 72.7 Å². The van der Waals surface area contributed by atoms with Gasteiger partial charge in [-0.1, -0.05) is 18.2 Å². The van der Waals surface area contributed by atoms with E-state index >= 15 is 0 Å². The highest BCUT2D eigenvalue weighted by molar-refractivity contribution is 6.00. The van der Waals surface area contributed by atoms with Crippen LogP contribution in [-0.2, 0) is 0 Å². The third-order valence-electron chi connectivity index (χ3n) is 2.87. The molecule has 0 aliphatic heterocycles. The quantitative estimate of drug-likeness (QED) is 0.638. The molecular formula is C12H11N5O. The predicted molar refractivity (Wildman–Crippen MR) is 69.1 cm³/mol. The van der Waals surface area contributed by atoms with Gasteiger partial charge in [0.1, 0.15) is 11.3 Å². The van der Waals surface area contributed by atoms with Crippen molar-refractivity contribution in [3.63, 3.8) is 0 Å². The van der Waals surface area contributed by atoms with Crippen LogP contribution in [0.3, 0.4) is 0 Å². The van der Waals surface area contributed by atoms with E-state index in [2.05, 4.69) is 20.6 Å². The van der Waals surface area contributed by atoms with Crippen molar-refractivity contribution < 1.29 is 0 Å². The Balaban J connectivity index is 2.57. The van der Waals surface area contributed by atoms with Crippen LogP contribution in [0, 0.1) is 6.92 Å². The molecule has 90 valence electrons. The summed E-state index contributed by atoms with van der Waals surface area (Å²) in [4.78, 5) is 16.6. The van der Waals surface area contributed by atoms with Crippen molar-refractivity contribution in [1.82, 2.24) is 19.9 Å². The van der Waals surface area contributed by atoms with E-state index in [1.54, 1.807) is 14.0 Å². The lowest BCUT2D eigenvalue weighted by atomic mass is 10.2. The second-order valence-electron chi connectivity index (χ2n) is 3.94. The van der Waals surface area contributed by atoms with Crippen LogP contribution in [0.15, 0.2) is 29.1 Å². The van der Waals surface area contributed by atoms with Crippen LogP contribution in [0.5, 0.6) is 0 Å². The first-order valence-electron chi connectivity index (χ1n) is 5.55. The van der Waals surface area contributed by atoms with E-state index in [4.69, 9.17) is 0 Å². The maximum absolute atomic E-state index is 12.2. The molecule has 2 aromatic heterocycles. The van der Waals surface area contributed by atoms with Gasteiger partial charge in [-0.25, -0.2) is 9.66 Å². The van der Waals surface area contributed by atoms with Gasteiger partial charge in [-0.15, -0.1) is 10.2 Å². The van der Waals surface area contributed by atoms with Crippen molar-refractivity contribution in [3.8, 4) is 0 Å². The Morgan fingerprint density at radius 3 is 2.72 bits per heavy atom. The number of aromatic nitrogens is 4. The highest BCUT2D eigenvalue weighted by Gasteiger charge is 2.11. The first-order chi connectivity index (χ1) is 8.72. The molecule has 0 aliphatic carbocycles. The number of nitrogens with zero attached hydrogens (tertiary/aromatic N) is 4. The molecule has 0 fully saturated rings. The minimum Gasteiger partial charge on any atom is -0.325 e. The van der Waals surface area contributed by atoms with Crippen LogP contribution >= 0.6 is 0 Å². The van der Waals surface area contributed by atoms with Gasteiger partial charge in [-0.05, 0) is 13.0 Å². The molecule has 6 nitrogen and oxygen atoms in total. The number of aryl methyl sites for hydroxylation is 1. The van der Waals surface area contributed by atoms with Crippen molar-refractivity contribution in [1.29, 1.82) is 0 Å². The zero-order valence-corrected chi connectivity index (χ0v) is 10.0. The minimum atomic E-state index is -0.238. The smallest absolute Gasteiger partial charge is 0.300 e. The molecule has 0 saturated heterocycles. The average molecular weight is 241 g/mol. The predicted octanol–water partition coefficient (Wildman–Crippen LogP) is 0.821. The lowest BCUT2D eigenvalue weighted by Crippen LogP contribution is -2.30. The van der Waals surface area contributed by atoms with Gasteiger partial charge in [0.25, 0.3) is 0 Å². The van der Waals surface area contributed by atoms with Gasteiger partial charge in [0.2, 0.25) is 0 Å². The Bertz CT molecular complexity index is 809. The lowest BCUT2D eigenvalue weighted by molar-refractivity contribution is 0.800. The van der Waals surface area contributed by atoms with E-state index in [1.165, 1.54) is 4.68 Å². The van der Waals surface area contributed by atoms with Crippen molar-refractivity contribution in [2.24, 2.45) is 0 Å². The Labute approximate surface area is 102 Å². The van der Waals surface area contributed by atoms with Crippen LogP contribution < -0.4 is 11.0 Å². The van der Waals surface area contributed by atoms with Crippen molar-refractivity contribution in [2.45, 2.75) is 6.92 Å². The molecule has 0 unspecified atom stereocenters. The van der Waals surface area contributed by atoms with Gasteiger partial charge in [-0.2, -0.15) is 0 Å². The summed E-state index contributed by atoms with van der Waals surface area (Å²) in [6.45, 7) is 1.77. The number of rotatable bonds is 1. The summed E-state index contributed by atoms with van der Waals surface area (Å²) in [5, 5.41) is 8.86. The second kappa shape index (κ2) is 3.76. The molecule has 0 spiro atoms. The summed E-state index contributed by atoms with van der Waals surface area (Å²) in [5.74, 6) is 0.591. The van der Waals surface area contributed by atoms with Crippen molar-refractivity contribution in [2.75, 3.05) is 12.5 Å². The summed E-state index contributed by atoms with van der Waals surface area (Å²) in [5.41, 5.74) is 4.14. The Morgan fingerprint density at radius 2 is 1.94 bits per heavy atom. The molecule has 1 N–H and O–H groups in total. The molecule has 6 heteroatoms. The molecule has 0 amide bonds. The Kier molecular flexibility index (Phi) is 2.22. The monoisotopic (exact) mass is 241 g/mol. The largest absolute Gasteiger partial charge is 0.325 e. The van der Waals surface area contributed by atoms with E-state index in [-0.39, 0.29) is 11.1 Å². The van der Waals surface area contributed by atoms with Crippen molar-refractivity contribution in [3.05, 3.63) is 40.4 Å². The van der Waals surface area contributed by atoms with Gasteiger partial charge >= 0.3 is 5.56 Å².